The van der Waals surface area contributed by atoms with Gasteiger partial charge in [0.25, 0.3) is 0 Å². The molecule has 1 fully saturated rings. The summed E-state index contributed by atoms with van der Waals surface area (Å²) < 4.78 is 32.8. The average Bonchev–Trinajstić information content (AvgIpc) is 2.73. The van der Waals surface area contributed by atoms with Crippen molar-refractivity contribution in [1.29, 1.82) is 0 Å². The minimum atomic E-state index is -3.60. The van der Waals surface area contributed by atoms with E-state index in [9.17, 15) is 13.2 Å². The fourth-order valence-electron chi connectivity index (χ4n) is 3.53. The standard InChI is InChI=1S/C22H26Cl2N2O4S/c1-16-4-2-6-20(12-16)30-11-9-25-22(27)17-5-3-10-26(14-17)31(28,29)15-18-7-8-19(23)13-21(18)24/h2,4,6-8,12-13,17H,3,5,9-11,14-15H2,1H3,(H,25,27)/t17-/m0/s1. The zero-order valence-electron chi connectivity index (χ0n) is 17.3. The number of halogens is 2. The molecular formula is C22H26Cl2N2O4S. The van der Waals surface area contributed by atoms with E-state index < -0.39 is 10.0 Å². The van der Waals surface area contributed by atoms with E-state index in [1.54, 1.807) is 12.1 Å². The van der Waals surface area contributed by atoms with Crippen LogP contribution in [0.1, 0.15) is 24.0 Å². The monoisotopic (exact) mass is 484 g/mol. The molecule has 0 spiro atoms. The van der Waals surface area contributed by atoms with Crippen LogP contribution in [0.4, 0.5) is 0 Å². The molecule has 2 aromatic carbocycles. The molecule has 0 radical (unpaired) electrons. The minimum Gasteiger partial charge on any atom is -0.492 e. The number of carbonyl (C=O) groups excluding carboxylic acids is 1. The molecule has 2 aromatic rings. The molecule has 9 heteroatoms. The van der Waals surface area contributed by atoms with Crippen molar-refractivity contribution in [2.45, 2.75) is 25.5 Å². The molecule has 1 aliphatic rings. The second-order valence-corrected chi connectivity index (χ2v) is 10.5. The Morgan fingerprint density at radius 2 is 2.03 bits per heavy atom. The van der Waals surface area contributed by atoms with E-state index in [0.29, 0.717) is 48.1 Å². The number of amides is 1. The van der Waals surface area contributed by atoms with Gasteiger partial charge in [-0.2, -0.15) is 0 Å². The lowest BCUT2D eigenvalue weighted by molar-refractivity contribution is -0.126. The first kappa shape index (κ1) is 23.9. The smallest absolute Gasteiger partial charge is 0.224 e. The summed E-state index contributed by atoms with van der Waals surface area (Å²) in [6.45, 7) is 3.25. The van der Waals surface area contributed by atoms with Crippen LogP contribution < -0.4 is 10.1 Å². The number of nitrogens with zero attached hydrogens (tertiary/aromatic N) is 1. The Morgan fingerprint density at radius 1 is 1.23 bits per heavy atom. The van der Waals surface area contributed by atoms with Crippen LogP contribution in [0.3, 0.4) is 0 Å². The van der Waals surface area contributed by atoms with E-state index in [0.717, 1.165) is 11.3 Å². The zero-order valence-corrected chi connectivity index (χ0v) is 19.6. The van der Waals surface area contributed by atoms with Gasteiger partial charge in [0.2, 0.25) is 15.9 Å². The Morgan fingerprint density at radius 3 is 2.77 bits per heavy atom. The van der Waals surface area contributed by atoms with Crippen molar-refractivity contribution in [3.05, 3.63) is 63.6 Å². The number of hydrogen-bond acceptors (Lipinski definition) is 4. The van der Waals surface area contributed by atoms with Crippen molar-refractivity contribution in [1.82, 2.24) is 9.62 Å². The largest absolute Gasteiger partial charge is 0.492 e. The van der Waals surface area contributed by atoms with Crippen LogP contribution in [0.25, 0.3) is 0 Å². The number of rotatable bonds is 8. The Kier molecular flexibility index (Phi) is 8.22. The summed E-state index contributed by atoms with van der Waals surface area (Å²) >= 11 is 12.0. The van der Waals surface area contributed by atoms with Gasteiger partial charge in [-0.25, -0.2) is 12.7 Å². The van der Waals surface area contributed by atoms with Gasteiger partial charge in [-0.15, -0.1) is 0 Å². The van der Waals surface area contributed by atoms with Crippen LogP contribution in [-0.2, 0) is 20.6 Å². The number of aryl methyl sites for hydroxylation is 1. The van der Waals surface area contributed by atoms with Crippen molar-refractivity contribution in [3.63, 3.8) is 0 Å². The maximum absolute atomic E-state index is 12.9. The zero-order chi connectivity index (χ0) is 22.4. The molecule has 1 aliphatic heterocycles. The highest BCUT2D eigenvalue weighted by molar-refractivity contribution is 7.88. The Bertz CT molecular complexity index is 1030. The van der Waals surface area contributed by atoms with Gasteiger partial charge >= 0.3 is 0 Å². The maximum Gasteiger partial charge on any atom is 0.224 e. The molecule has 6 nitrogen and oxygen atoms in total. The molecular weight excluding hydrogens is 459 g/mol. The van der Waals surface area contributed by atoms with Crippen LogP contribution in [0, 0.1) is 12.8 Å². The highest BCUT2D eigenvalue weighted by Crippen LogP contribution is 2.26. The molecule has 1 atom stereocenters. The first-order chi connectivity index (χ1) is 14.7. The third kappa shape index (κ3) is 6.84. The summed E-state index contributed by atoms with van der Waals surface area (Å²) in [7, 11) is -3.60. The van der Waals surface area contributed by atoms with Gasteiger partial charge in [0.05, 0.1) is 18.2 Å². The normalized spacial score (nSPS) is 17.3. The third-order valence-corrected chi connectivity index (χ3v) is 7.54. The first-order valence-electron chi connectivity index (χ1n) is 10.1. The number of benzene rings is 2. The van der Waals surface area contributed by atoms with Gasteiger partial charge in [-0.3, -0.25) is 4.79 Å². The second-order valence-electron chi connectivity index (χ2n) is 7.65. The van der Waals surface area contributed by atoms with E-state index in [-0.39, 0.29) is 24.1 Å². The molecule has 0 bridgehead atoms. The van der Waals surface area contributed by atoms with Crippen molar-refractivity contribution in [2.24, 2.45) is 5.92 Å². The maximum atomic E-state index is 12.9. The summed E-state index contributed by atoms with van der Waals surface area (Å²) in [5, 5.41) is 3.62. The topological polar surface area (TPSA) is 75.7 Å². The molecule has 168 valence electrons. The van der Waals surface area contributed by atoms with Gasteiger partial charge < -0.3 is 10.1 Å². The number of sulfonamides is 1. The summed E-state index contributed by atoms with van der Waals surface area (Å²) in [4.78, 5) is 12.6. The van der Waals surface area contributed by atoms with Crippen LogP contribution in [0.5, 0.6) is 5.75 Å². The summed E-state index contributed by atoms with van der Waals surface area (Å²) in [5.74, 6) is -0.00714. The van der Waals surface area contributed by atoms with Gasteiger partial charge in [-0.1, -0.05) is 41.4 Å². The number of piperidine rings is 1. The minimum absolute atomic E-state index is 0.155. The van der Waals surface area contributed by atoms with Crippen LogP contribution in [-0.4, -0.2) is 44.9 Å². The molecule has 0 aromatic heterocycles. The second kappa shape index (κ2) is 10.7. The number of ether oxygens (including phenoxy) is 1. The molecule has 1 heterocycles. The third-order valence-electron chi connectivity index (χ3n) is 5.16. The van der Waals surface area contributed by atoms with Crippen molar-refractivity contribution in [3.8, 4) is 5.75 Å². The lowest BCUT2D eigenvalue weighted by Gasteiger charge is -2.31. The number of hydrogen-bond donors (Lipinski definition) is 1. The average molecular weight is 485 g/mol. The van der Waals surface area contributed by atoms with Gasteiger partial charge in [0, 0.05) is 23.1 Å². The quantitative estimate of drug-likeness (QED) is 0.573. The van der Waals surface area contributed by atoms with E-state index in [4.69, 9.17) is 27.9 Å². The predicted molar refractivity (Wildman–Crippen MR) is 123 cm³/mol. The molecule has 3 rings (SSSR count). The first-order valence-corrected chi connectivity index (χ1v) is 12.5. The lowest BCUT2D eigenvalue weighted by atomic mass is 9.99. The summed E-state index contributed by atoms with van der Waals surface area (Å²) in [6.07, 6.45) is 1.28. The number of carbonyl (C=O) groups is 1. The van der Waals surface area contributed by atoms with E-state index in [1.165, 1.54) is 10.4 Å². The molecule has 31 heavy (non-hydrogen) atoms. The van der Waals surface area contributed by atoms with E-state index in [2.05, 4.69) is 5.32 Å². The SMILES string of the molecule is Cc1cccc(OCCNC(=O)[C@H]2CCCN(S(=O)(=O)Cc3ccc(Cl)cc3Cl)C2)c1. The number of nitrogens with one attached hydrogen (secondary N) is 1. The Hall–Kier alpha value is -1.80. The summed E-state index contributed by atoms with van der Waals surface area (Å²) in [6, 6.07) is 12.5. The molecule has 1 saturated heterocycles. The van der Waals surface area contributed by atoms with Gasteiger partial charge in [-0.05, 0) is 55.2 Å². The predicted octanol–water partition coefficient (Wildman–Crippen LogP) is 4.04. The highest BCUT2D eigenvalue weighted by Gasteiger charge is 2.32. The van der Waals surface area contributed by atoms with Crippen LogP contribution in [0.2, 0.25) is 10.0 Å². The fourth-order valence-corrected chi connectivity index (χ4v) is 5.72. The van der Waals surface area contributed by atoms with E-state index in [1.807, 2.05) is 31.2 Å². The molecule has 0 saturated carbocycles. The van der Waals surface area contributed by atoms with E-state index >= 15 is 0 Å². The fraction of sp³-hybridized carbons (Fsp3) is 0.409. The Balaban J connectivity index is 1.51. The van der Waals surface area contributed by atoms with Crippen molar-refractivity contribution < 1.29 is 17.9 Å². The molecule has 1 N–H and O–H groups in total. The Labute approximate surface area is 193 Å². The van der Waals surface area contributed by atoms with Crippen LogP contribution in [0.15, 0.2) is 42.5 Å². The molecule has 0 unspecified atom stereocenters. The van der Waals surface area contributed by atoms with Crippen molar-refractivity contribution >= 4 is 39.1 Å². The lowest BCUT2D eigenvalue weighted by Crippen LogP contribution is -2.46. The van der Waals surface area contributed by atoms with Crippen LogP contribution >= 0.6 is 23.2 Å². The van der Waals surface area contributed by atoms with Crippen molar-refractivity contribution in [2.75, 3.05) is 26.2 Å². The summed E-state index contributed by atoms with van der Waals surface area (Å²) in [5.41, 5.74) is 1.59. The van der Waals surface area contributed by atoms with Gasteiger partial charge in [0.1, 0.15) is 12.4 Å². The van der Waals surface area contributed by atoms with Gasteiger partial charge in [0.15, 0.2) is 0 Å². The molecule has 1 amide bonds. The highest BCUT2D eigenvalue weighted by atomic mass is 35.5. The molecule has 0 aliphatic carbocycles.